The van der Waals surface area contributed by atoms with Crippen molar-refractivity contribution in [1.82, 2.24) is 9.62 Å². The second kappa shape index (κ2) is 6.66. The zero-order valence-corrected chi connectivity index (χ0v) is 14.5. The number of hydrogen-bond donors (Lipinski definition) is 1. The molecule has 0 amide bonds. The average molecular weight is 346 g/mol. The molecule has 2 rings (SSSR count). The summed E-state index contributed by atoms with van der Waals surface area (Å²) in [4.78, 5) is 0.292. The summed E-state index contributed by atoms with van der Waals surface area (Å²) < 4.78 is 50.3. The van der Waals surface area contributed by atoms with E-state index in [-0.39, 0.29) is 21.6 Å². The van der Waals surface area contributed by atoms with Gasteiger partial charge < -0.3 is 5.32 Å². The van der Waals surface area contributed by atoms with Crippen LogP contribution in [0, 0.1) is 0 Å². The van der Waals surface area contributed by atoms with Gasteiger partial charge in [-0.1, -0.05) is 6.92 Å². The Morgan fingerprint density at radius 2 is 1.73 bits per heavy atom. The van der Waals surface area contributed by atoms with Gasteiger partial charge in [0.2, 0.25) is 10.0 Å². The van der Waals surface area contributed by atoms with E-state index in [2.05, 4.69) is 5.32 Å². The van der Waals surface area contributed by atoms with Gasteiger partial charge in [-0.2, -0.15) is 4.31 Å². The minimum Gasteiger partial charge on any atom is -0.316 e. The van der Waals surface area contributed by atoms with Crippen LogP contribution in [0.1, 0.15) is 19.8 Å². The highest BCUT2D eigenvalue weighted by Gasteiger charge is 2.29. The van der Waals surface area contributed by atoms with Crippen LogP contribution in [0.2, 0.25) is 0 Å². The Bertz CT molecular complexity index is 712. The van der Waals surface area contributed by atoms with E-state index in [0.29, 0.717) is 13.1 Å². The fraction of sp³-hybridized carbons (Fsp3) is 0.571. The first kappa shape index (κ1) is 17.4. The molecule has 1 atom stereocenters. The summed E-state index contributed by atoms with van der Waals surface area (Å²) in [5.74, 6) is -0.00489. The molecule has 1 aromatic rings. The summed E-state index contributed by atoms with van der Waals surface area (Å²) in [6.45, 7) is 2.50. The van der Waals surface area contributed by atoms with Crippen molar-refractivity contribution in [3.8, 4) is 0 Å². The first-order chi connectivity index (χ1) is 10.3. The van der Waals surface area contributed by atoms with Gasteiger partial charge in [0, 0.05) is 19.1 Å². The van der Waals surface area contributed by atoms with Crippen molar-refractivity contribution in [3.05, 3.63) is 24.3 Å². The molecule has 0 spiro atoms. The normalized spacial score (nSPS) is 20.9. The minimum absolute atomic E-state index is 0.00489. The van der Waals surface area contributed by atoms with Crippen molar-refractivity contribution in [2.24, 2.45) is 0 Å². The second-order valence-electron chi connectivity index (χ2n) is 5.37. The van der Waals surface area contributed by atoms with Crippen LogP contribution in [0.5, 0.6) is 0 Å². The van der Waals surface area contributed by atoms with Gasteiger partial charge in [0.15, 0.2) is 9.84 Å². The third-order valence-electron chi connectivity index (χ3n) is 3.99. The summed E-state index contributed by atoms with van der Waals surface area (Å²) in [6.07, 6.45) is 1.77. The highest BCUT2D eigenvalue weighted by molar-refractivity contribution is 7.91. The van der Waals surface area contributed by atoms with Crippen LogP contribution in [0.25, 0.3) is 0 Å². The molecule has 1 unspecified atom stereocenters. The molecule has 0 saturated carbocycles. The Hall–Kier alpha value is -0.960. The highest BCUT2D eigenvalue weighted by Crippen LogP contribution is 2.22. The Morgan fingerprint density at radius 3 is 2.27 bits per heavy atom. The molecule has 6 nitrogen and oxygen atoms in total. The summed E-state index contributed by atoms with van der Waals surface area (Å²) in [6, 6.07) is 5.64. The maximum atomic E-state index is 12.6. The Labute approximate surface area is 132 Å². The Kier molecular flexibility index (Phi) is 5.26. The number of benzene rings is 1. The maximum Gasteiger partial charge on any atom is 0.243 e. The largest absolute Gasteiger partial charge is 0.316 e. The first-order valence-electron chi connectivity index (χ1n) is 7.31. The topological polar surface area (TPSA) is 83.5 Å². The van der Waals surface area contributed by atoms with Gasteiger partial charge in [-0.05, 0) is 44.2 Å². The first-order valence-corrected chi connectivity index (χ1v) is 10.4. The molecule has 124 valence electrons. The highest BCUT2D eigenvalue weighted by atomic mass is 32.2. The molecule has 1 fully saturated rings. The SMILES string of the molecule is CCS(=O)(=O)c1ccc(S(=O)(=O)N2CCCC(NC)C2)cc1. The number of sulfonamides is 1. The molecule has 1 saturated heterocycles. The zero-order chi connectivity index (χ0) is 16.4. The fourth-order valence-electron chi connectivity index (χ4n) is 2.53. The number of likely N-dealkylation sites (N-methyl/N-ethyl adjacent to an activating group) is 1. The molecule has 0 radical (unpaired) electrons. The van der Waals surface area contributed by atoms with Crippen LogP contribution in [0.3, 0.4) is 0 Å². The fourth-order valence-corrected chi connectivity index (χ4v) is 4.94. The molecule has 0 bridgehead atoms. The van der Waals surface area contributed by atoms with Crippen molar-refractivity contribution in [3.63, 3.8) is 0 Å². The predicted octanol–water partition coefficient (Wildman–Crippen LogP) is 0.853. The van der Waals surface area contributed by atoms with E-state index in [9.17, 15) is 16.8 Å². The lowest BCUT2D eigenvalue weighted by molar-refractivity contribution is 0.293. The lowest BCUT2D eigenvalue weighted by Gasteiger charge is -2.31. The number of nitrogens with zero attached hydrogens (tertiary/aromatic N) is 1. The standard InChI is InChI=1S/C14H22N2O4S2/c1-3-21(17,18)13-6-8-14(9-7-13)22(19,20)16-10-4-5-12(11-16)15-2/h6-9,12,15H,3-5,10-11H2,1-2H3. The number of nitrogens with one attached hydrogen (secondary N) is 1. The van der Waals surface area contributed by atoms with Gasteiger partial charge in [-0.25, -0.2) is 16.8 Å². The van der Waals surface area contributed by atoms with Gasteiger partial charge in [0.25, 0.3) is 0 Å². The van der Waals surface area contributed by atoms with Crippen molar-refractivity contribution in [2.45, 2.75) is 35.6 Å². The molecule has 1 aliphatic heterocycles. The molecule has 8 heteroatoms. The molecule has 1 heterocycles. The molecule has 1 aromatic carbocycles. The summed E-state index contributed by atoms with van der Waals surface area (Å²) in [7, 11) is -5.07. The Morgan fingerprint density at radius 1 is 1.14 bits per heavy atom. The lowest BCUT2D eigenvalue weighted by atomic mass is 10.1. The number of hydrogen-bond acceptors (Lipinski definition) is 5. The van der Waals surface area contributed by atoms with Crippen LogP contribution in [-0.4, -0.2) is 53.1 Å². The Balaban J connectivity index is 2.27. The van der Waals surface area contributed by atoms with Gasteiger partial charge in [0.05, 0.1) is 15.5 Å². The van der Waals surface area contributed by atoms with E-state index in [1.54, 1.807) is 6.92 Å². The van der Waals surface area contributed by atoms with Gasteiger partial charge >= 0.3 is 0 Å². The third-order valence-corrected chi connectivity index (χ3v) is 7.62. The number of sulfone groups is 1. The quantitative estimate of drug-likeness (QED) is 0.855. The third kappa shape index (κ3) is 3.51. The molecule has 22 heavy (non-hydrogen) atoms. The average Bonchev–Trinajstić information content (AvgIpc) is 2.55. The lowest BCUT2D eigenvalue weighted by Crippen LogP contribution is -2.46. The second-order valence-corrected chi connectivity index (χ2v) is 9.58. The molecule has 0 aromatic heterocycles. The number of piperidine rings is 1. The maximum absolute atomic E-state index is 12.6. The van der Waals surface area contributed by atoms with Crippen LogP contribution in [0.15, 0.2) is 34.1 Å². The predicted molar refractivity (Wildman–Crippen MR) is 85.0 cm³/mol. The van der Waals surface area contributed by atoms with Crippen LogP contribution in [-0.2, 0) is 19.9 Å². The van der Waals surface area contributed by atoms with Gasteiger partial charge in [0.1, 0.15) is 0 Å². The molecular formula is C14H22N2O4S2. The molecule has 1 aliphatic rings. The molecular weight excluding hydrogens is 324 g/mol. The smallest absolute Gasteiger partial charge is 0.243 e. The van der Waals surface area contributed by atoms with Crippen LogP contribution < -0.4 is 5.32 Å². The van der Waals surface area contributed by atoms with E-state index in [1.165, 1.54) is 28.6 Å². The van der Waals surface area contributed by atoms with E-state index >= 15 is 0 Å². The summed E-state index contributed by atoms with van der Waals surface area (Å²) in [5, 5.41) is 3.11. The summed E-state index contributed by atoms with van der Waals surface area (Å²) in [5.41, 5.74) is 0. The van der Waals surface area contributed by atoms with Gasteiger partial charge in [-0.3, -0.25) is 0 Å². The van der Waals surface area contributed by atoms with Crippen LogP contribution >= 0.6 is 0 Å². The van der Waals surface area contributed by atoms with E-state index in [0.717, 1.165) is 12.8 Å². The zero-order valence-electron chi connectivity index (χ0n) is 12.8. The minimum atomic E-state index is -3.58. The number of rotatable bonds is 5. The van der Waals surface area contributed by atoms with E-state index < -0.39 is 19.9 Å². The van der Waals surface area contributed by atoms with E-state index in [4.69, 9.17) is 0 Å². The van der Waals surface area contributed by atoms with Crippen LogP contribution in [0.4, 0.5) is 0 Å². The summed E-state index contributed by atoms with van der Waals surface area (Å²) >= 11 is 0. The van der Waals surface area contributed by atoms with E-state index in [1.807, 2.05) is 7.05 Å². The van der Waals surface area contributed by atoms with Crippen molar-refractivity contribution >= 4 is 19.9 Å². The molecule has 0 aliphatic carbocycles. The monoisotopic (exact) mass is 346 g/mol. The van der Waals surface area contributed by atoms with Gasteiger partial charge in [-0.15, -0.1) is 0 Å². The van der Waals surface area contributed by atoms with Crippen molar-refractivity contribution in [2.75, 3.05) is 25.9 Å². The molecule has 1 N–H and O–H groups in total. The van der Waals surface area contributed by atoms with Crippen molar-refractivity contribution < 1.29 is 16.8 Å². The van der Waals surface area contributed by atoms with Crippen molar-refractivity contribution in [1.29, 1.82) is 0 Å².